The third-order valence-corrected chi connectivity index (χ3v) is 6.06. The topological polar surface area (TPSA) is 71.2 Å². The molecule has 0 unspecified atom stereocenters. The number of aryl methyl sites for hydroxylation is 1. The minimum atomic E-state index is -3.21. The zero-order chi connectivity index (χ0) is 16.3. The molecule has 0 bridgehead atoms. The summed E-state index contributed by atoms with van der Waals surface area (Å²) in [6.07, 6.45) is 4.34. The van der Waals surface area contributed by atoms with E-state index in [0.717, 1.165) is 23.9 Å². The molecule has 0 aliphatic carbocycles. The Labute approximate surface area is 137 Å². The molecule has 0 radical (unpaired) electrons. The van der Waals surface area contributed by atoms with Crippen LogP contribution in [-0.4, -0.2) is 38.9 Å². The molecule has 0 amide bonds. The van der Waals surface area contributed by atoms with Gasteiger partial charge in [0.1, 0.15) is 0 Å². The molecule has 3 rings (SSSR count). The number of nitrogens with one attached hydrogen (secondary N) is 2. The zero-order valence-corrected chi connectivity index (χ0v) is 14.3. The molecule has 1 aliphatic heterocycles. The van der Waals surface area contributed by atoms with E-state index in [0.29, 0.717) is 26.2 Å². The summed E-state index contributed by atoms with van der Waals surface area (Å²) in [4.78, 5) is 3.25. The lowest BCUT2D eigenvalue weighted by molar-refractivity contribution is 0.0723. The Balaban J connectivity index is 1.57. The maximum Gasteiger partial charge on any atom is 0.211 e. The van der Waals surface area contributed by atoms with Gasteiger partial charge in [-0.3, -0.25) is 0 Å². The minimum absolute atomic E-state index is 0.212. The second kappa shape index (κ2) is 7.03. The quantitative estimate of drug-likeness (QED) is 0.851. The largest absolute Gasteiger partial charge is 0.381 e. The minimum Gasteiger partial charge on any atom is -0.381 e. The molecule has 0 saturated carbocycles. The van der Waals surface area contributed by atoms with Crippen molar-refractivity contribution in [3.8, 4) is 0 Å². The molecule has 1 aromatic carbocycles. The van der Waals surface area contributed by atoms with Gasteiger partial charge in [0.2, 0.25) is 10.0 Å². The monoisotopic (exact) mass is 336 g/mol. The van der Waals surface area contributed by atoms with Crippen molar-refractivity contribution in [3.63, 3.8) is 0 Å². The number of rotatable bonds is 6. The number of hydrogen-bond acceptors (Lipinski definition) is 3. The Morgan fingerprint density at radius 2 is 2.09 bits per heavy atom. The number of ether oxygens (including phenoxy) is 1. The first-order chi connectivity index (χ1) is 11.1. The highest BCUT2D eigenvalue weighted by molar-refractivity contribution is 7.89. The summed E-state index contributed by atoms with van der Waals surface area (Å²) in [5, 5.41) is 1.20. The fraction of sp³-hybridized carbons (Fsp3) is 0.529. The first-order valence-electron chi connectivity index (χ1n) is 8.16. The van der Waals surface area contributed by atoms with Gasteiger partial charge in [-0.15, -0.1) is 0 Å². The first kappa shape index (κ1) is 16.5. The summed E-state index contributed by atoms with van der Waals surface area (Å²) in [5.74, 6) is 0.431. The van der Waals surface area contributed by atoms with Crippen LogP contribution in [0.2, 0.25) is 0 Å². The fourth-order valence-electron chi connectivity index (χ4n) is 3.27. The molecule has 1 saturated heterocycles. The summed E-state index contributed by atoms with van der Waals surface area (Å²) in [7, 11) is -3.21. The van der Waals surface area contributed by atoms with Crippen LogP contribution in [0, 0.1) is 12.8 Å². The van der Waals surface area contributed by atoms with E-state index in [2.05, 4.69) is 22.7 Å². The van der Waals surface area contributed by atoms with Gasteiger partial charge in [-0.1, -0.05) is 12.1 Å². The third-order valence-electron chi connectivity index (χ3n) is 4.51. The molecule has 2 N–H and O–H groups in total. The van der Waals surface area contributed by atoms with Crippen molar-refractivity contribution in [1.82, 2.24) is 9.71 Å². The smallest absolute Gasteiger partial charge is 0.211 e. The maximum absolute atomic E-state index is 12.2. The third kappa shape index (κ3) is 4.13. The predicted octanol–water partition coefficient (Wildman–Crippen LogP) is 2.36. The fourth-order valence-corrected chi connectivity index (χ4v) is 4.76. The summed E-state index contributed by atoms with van der Waals surface area (Å²) in [6.45, 7) is 3.87. The van der Waals surface area contributed by atoms with E-state index in [1.807, 2.05) is 18.3 Å². The summed E-state index contributed by atoms with van der Waals surface area (Å²) in [6, 6.07) is 6.14. The highest BCUT2D eigenvalue weighted by Crippen LogP contribution is 2.22. The molecule has 23 heavy (non-hydrogen) atoms. The highest BCUT2D eigenvalue weighted by atomic mass is 32.2. The molecule has 2 aromatic rings. The van der Waals surface area contributed by atoms with Crippen LogP contribution in [0.15, 0.2) is 24.4 Å². The number of fused-ring (bicyclic) bond motifs is 1. The molecule has 1 aliphatic rings. The Morgan fingerprint density at radius 3 is 2.87 bits per heavy atom. The zero-order valence-electron chi connectivity index (χ0n) is 13.5. The Kier molecular flexibility index (Phi) is 5.04. The lowest BCUT2D eigenvalue weighted by atomic mass is 10.0. The van der Waals surface area contributed by atoms with Crippen LogP contribution in [0.3, 0.4) is 0 Å². The summed E-state index contributed by atoms with van der Waals surface area (Å²) >= 11 is 0. The molecule has 126 valence electrons. The van der Waals surface area contributed by atoms with E-state index >= 15 is 0 Å². The van der Waals surface area contributed by atoms with Crippen LogP contribution in [0.5, 0.6) is 0 Å². The molecular weight excluding hydrogens is 312 g/mol. The number of aromatic nitrogens is 1. The number of aromatic amines is 1. The SMILES string of the molecule is Cc1cccc2[nH]cc(CCNS(=O)(=O)CC3CCOCC3)c12. The number of benzene rings is 1. The number of hydrogen-bond donors (Lipinski definition) is 2. The van der Waals surface area contributed by atoms with Crippen molar-refractivity contribution >= 4 is 20.9 Å². The molecule has 1 fully saturated rings. The molecule has 1 aromatic heterocycles. The van der Waals surface area contributed by atoms with Crippen molar-refractivity contribution in [2.24, 2.45) is 5.92 Å². The Morgan fingerprint density at radius 1 is 1.30 bits per heavy atom. The van der Waals surface area contributed by atoms with Gasteiger partial charge in [0.05, 0.1) is 5.75 Å². The highest BCUT2D eigenvalue weighted by Gasteiger charge is 2.21. The second-order valence-electron chi connectivity index (χ2n) is 6.29. The van der Waals surface area contributed by atoms with E-state index in [1.54, 1.807) is 0 Å². The van der Waals surface area contributed by atoms with Crippen molar-refractivity contribution in [2.75, 3.05) is 25.5 Å². The van der Waals surface area contributed by atoms with Gasteiger partial charge >= 0.3 is 0 Å². The van der Waals surface area contributed by atoms with Gasteiger partial charge in [0, 0.05) is 36.9 Å². The number of H-pyrrole nitrogens is 1. The van der Waals surface area contributed by atoms with Crippen LogP contribution >= 0.6 is 0 Å². The standard InChI is InChI=1S/C17H24N2O3S/c1-13-3-2-4-16-17(13)15(11-18-16)5-8-19-23(20,21)12-14-6-9-22-10-7-14/h2-4,11,14,18-19H,5-10,12H2,1H3. The number of sulfonamides is 1. The van der Waals surface area contributed by atoms with Crippen molar-refractivity contribution < 1.29 is 13.2 Å². The van der Waals surface area contributed by atoms with Crippen molar-refractivity contribution in [2.45, 2.75) is 26.2 Å². The van der Waals surface area contributed by atoms with Gasteiger partial charge in [0.25, 0.3) is 0 Å². The van der Waals surface area contributed by atoms with E-state index in [-0.39, 0.29) is 11.7 Å². The second-order valence-corrected chi connectivity index (χ2v) is 8.14. The Bertz CT molecular complexity index is 761. The molecular formula is C17H24N2O3S. The van der Waals surface area contributed by atoms with Crippen LogP contribution < -0.4 is 4.72 Å². The van der Waals surface area contributed by atoms with Gasteiger partial charge in [-0.05, 0) is 49.3 Å². The van der Waals surface area contributed by atoms with E-state index in [1.165, 1.54) is 10.9 Å². The summed E-state index contributed by atoms with van der Waals surface area (Å²) in [5.41, 5.74) is 3.47. The van der Waals surface area contributed by atoms with E-state index < -0.39 is 10.0 Å². The lowest BCUT2D eigenvalue weighted by Crippen LogP contribution is -2.33. The average molecular weight is 336 g/mol. The molecule has 6 heteroatoms. The van der Waals surface area contributed by atoms with Crippen molar-refractivity contribution in [1.29, 1.82) is 0 Å². The van der Waals surface area contributed by atoms with Crippen molar-refractivity contribution in [3.05, 3.63) is 35.5 Å². The van der Waals surface area contributed by atoms with Gasteiger partial charge in [-0.2, -0.15) is 0 Å². The van der Waals surface area contributed by atoms with Crippen LogP contribution in [0.1, 0.15) is 24.0 Å². The predicted molar refractivity (Wildman–Crippen MR) is 92.1 cm³/mol. The molecule has 0 spiro atoms. The lowest BCUT2D eigenvalue weighted by Gasteiger charge is -2.21. The maximum atomic E-state index is 12.2. The molecule has 2 heterocycles. The summed E-state index contributed by atoms with van der Waals surface area (Å²) < 4.78 is 32.4. The van der Waals surface area contributed by atoms with E-state index in [4.69, 9.17) is 4.74 Å². The van der Waals surface area contributed by atoms with E-state index in [9.17, 15) is 8.42 Å². The van der Waals surface area contributed by atoms with Gasteiger partial charge in [-0.25, -0.2) is 13.1 Å². The molecule has 0 atom stereocenters. The van der Waals surface area contributed by atoms with Crippen LogP contribution in [-0.2, 0) is 21.2 Å². The Hall–Kier alpha value is -1.37. The molecule has 5 nitrogen and oxygen atoms in total. The van der Waals surface area contributed by atoms with Gasteiger partial charge in [0.15, 0.2) is 0 Å². The van der Waals surface area contributed by atoms with Gasteiger partial charge < -0.3 is 9.72 Å². The van der Waals surface area contributed by atoms with Crippen LogP contribution in [0.4, 0.5) is 0 Å². The average Bonchev–Trinajstić information content (AvgIpc) is 2.92. The first-order valence-corrected chi connectivity index (χ1v) is 9.81. The van der Waals surface area contributed by atoms with Crippen LogP contribution in [0.25, 0.3) is 10.9 Å². The normalized spacial score (nSPS) is 16.9.